The van der Waals surface area contributed by atoms with Gasteiger partial charge in [-0.2, -0.15) is 39.5 Å². The van der Waals surface area contributed by atoms with Crippen molar-refractivity contribution in [3.63, 3.8) is 0 Å². The van der Waals surface area contributed by atoms with Crippen LogP contribution in [0.4, 0.5) is 39.5 Å². The number of ether oxygens (including phenoxy) is 1. The van der Waals surface area contributed by atoms with Gasteiger partial charge in [0, 0.05) is 6.42 Å². The number of carbonyl (C=O) groups is 1. The van der Waals surface area contributed by atoms with E-state index in [1.807, 2.05) is 0 Å². The van der Waals surface area contributed by atoms with E-state index >= 15 is 0 Å². The summed E-state index contributed by atoms with van der Waals surface area (Å²) in [5.74, 6) is -20.4. The summed E-state index contributed by atoms with van der Waals surface area (Å²) in [5, 5.41) is 0. The van der Waals surface area contributed by atoms with Crippen molar-refractivity contribution in [3.8, 4) is 0 Å². The molecule has 0 aliphatic heterocycles. The zero-order valence-electron chi connectivity index (χ0n) is 13.7. The van der Waals surface area contributed by atoms with Gasteiger partial charge in [-0.3, -0.25) is 4.79 Å². The summed E-state index contributed by atoms with van der Waals surface area (Å²) in [6.07, 6.45) is -4.25. The maximum absolute atomic E-state index is 13.2. The number of hydrogen-bond donors (Lipinski definition) is 0. The van der Waals surface area contributed by atoms with Gasteiger partial charge < -0.3 is 4.74 Å². The highest BCUT2D eigenvalue weighted by molar-refractivity contribution is 5.69. The highest BCUT2D eigenvalue weighted by atomic mass is 19.4. The molecular weight excluding hydrogens is 383 g/mol. The highest BCUT2D eigenvalue weighted by Crippen LogP contribution is 2.53. The topological polar surface area (TPSA) is 26.3 Å². The van der Waals surface area contributed by atoms with E-state index in [0.717, 1.165) is 19.3 Å². The third kappa shape index (κ3) is 6.39. The normalized spacial score (nSPS) is 13.6. The average molecular weight is 402 g/mol. The molecule has 26 heavy (non-hydrogen) atoms. The first-order valence-corrected chi connectivity index (χ1v) is 7.67. The van der Waals surface area contributed by atoms with Crippen LogP contribution in [0.15, 0.2) is 12.7 Å². The molecule has 11 heteroatoms. The molecule has 0 saturated heterocycles. The fraction of sp³-hybridized carbons (Fsp3) is 0.800. The van der Waals surface area contributed by atoms with Crippen molar-refractivity contribution in [2.24, 2.45) is 0 Å². The monoisotopic (exact) mass is 402 g/mol. The van der Waals surface area contributed by atoms with E-state index in [1.165, 1.54) is 0 Å². The van der Waals surface area contributed by atoms with Gasteiger partial charge in [0.05, 0.1) is 13.0 Å². The molecular formula is C15H19F9O2. The second-order valence-electron chi connectivity index (χ2n) is 5.56. The quantitative estimate of drug-likeness (QED) is 0.175. The molecule has 0 amide bonds. The predicted octanol–water partition coefficient (Wildman–Crippen LogP) is 5.91. The fourth-order valence-electron chi connectivity index (χ4n) is 1.84. The van der Waals surface area contributed by atoms with E-state index in [4.69, 9.17) is 0 Å². The largest absolute Gasteiger partial charge is 0.465 e. The van der Waals surface area contributed by atoms with Crippen LogP contribution in [-0.4, -0.2) is 36.5 Å². The molecule has 0 atom stereocenters. The van der Waals surface area contributed by atoms with E-state index in [1.54, 1.807) is 6.08 Å². The molecule has 154 valence electrons. The number of hydrogen-bond acceptors (Lipinski definition) is 2. The predicted molar refractivity (Wildman–Crippen MR) is 74.4 cm³/mol. The van der Waals surface area contributed by atoms with Crippen LogP contribution in [0.5, 0.6) is 0 Å². The molecule has 0 aromatic carbocycles. The van der Waals surface area contributed by atoms with Gasteiger partial charge in [-0.25, -0.2) is 0 Å². The van der Waals surface area contributed by atoms with E-state index in [9.17, 15) is 44.3 Å². The molecule has 0 aliphatic carbocycles. The zero-order chi connectivity index (χ0) is 20.6. The number of esters is 1. The summed E-state index contributed by atoms with van der Waals surface area (Å²) < 4.78 is 117. The first-order valence-electron chi connectivity index (χ1n) is 7.67. The van der Waals surface area contributed by atoms with Crippen molar-refractivity contribution in [2.75, 3.05) is 6.61 Å². The van der Waals surface area contributed by atoms with Crippen LogP contribution in [-0.2, 0) is 9.53 Å². The van der Waals surface area contributed by atoms with Gasteiger partial charge in [0.25, 0.3) is 0 Å². The molecule has 0 rings (SSSR count). The Kier molecular flexibility index (Phi) is 8.98. The summed E-state index contributed by atoms with van der Waals surface area (Å²) in [7, 11) is 0. The Morgan fingerprint density at radius 1 is 0.846 bits per heavy atom. The van der Waals surface area contributed by atoms with Gasteiger partial charge in [0.1, 0.15) is 0 Å². The lowest BCUT2D eigenvalue weighted by Gasteiger charge is -2.33. The van der Waals surface area contributed by atoms with E-state index in [0.29, 0.717) is 12.8 Å². The number of unbranched alkanes of at least 4 members (excludes halogenated alkanes) is 4. The van der Waals surface area contributed by atoms with Gasteiger partial charge >= 0.3 is 29.9 Å². The van der Waals surface area contributed by atoms with E-state index in [-0.39, 0.29) is 6.42 Å². The molecule has 0 N–H and O–H groups in total. The summed E-state index contributed by atoms with van der Waals surface area (Å²) in [4.78, 5) is 11.2. The van der Waals surface area contributed by atoms with Gasteiger partial charge in [-0.15, -0.1) is 6.58 Å². The molecule has 0 bridgehead atoms. The first-order chi connectivity index (χ1) is 11.7. The van der Waals surface area contributed by atoms with Crippen LogP contribution in [0.25, 0.3) is 0 Å². The third-order valence-electron chi connectivity index (χ3n) is 3.43. The minimum atomic E-state index is -6.93. The van der Waals surface area contributed by atoms with Gasteiger partial charge in [0.2, 0.25) is 0 Å². The molecule has 2 nitrogen and oxygen atoms in total. The van der Waals surface area contributed by atoms with Gasteiger partial charge in [-0.1, -0.05) is 18.9 Å². The Labute approximate surface area is 144 Å². The third-order valence-corrected chi connectivity index (χ3v) is 3.43. The smallest absolute Gasteiger partial charge is 0.460 e. The minimum absolute atomic E-state index is 0.214. The second kappa shape index (κ2) is 9.50. The number of allylic oxidation sites excluding steroid dienone is 1. The molecule has 0 fully saturated rings. The van der Waals surface area contributed by atoms with Crippen molar-refractivity contribution < 1.29 is 49.0 Å². The Morgan fingerprint density at radius 3 is 1.88 bits per heavy atom. The summed E-state index contributed by atoms with van der Waals surface area (Å²) >= 11 is 0. The number of rotatable bonds is 12. The zero-order valence-corrected chi connectivity index (χ0v) is 13.7. The maximum atomic E-state index is 13.2. The molecule has 0 saturated carbocycles. The Bertz CT molecular complexity index is 459. The standard InChI is InChI=1S/C15H19F9O2/c1-2-3-4-5-6-7-8-11(25)26-10-9-12(16,17)13(18,19)14(20,21)15(22,23)24/h2H,1,3-10H2. The van der Waals surface area contributed by atoms with Crippen molar-refractivity contribution >= 4 is 5.97 Å². The van der Waals surface area contributed by atoms with Crippen molar-refractivity contribution in [3.05, 3.63) is 12.7 Å². The van der Waals surface area contributed by atoms with E-state index in [2.05, 4.69) is 11.3 Å². The number of carbonyl (C=O) groups excluding carboxylic acids is 1. The van der Waals surface area contributed by atoms with Crippen LogP contribution < -0.4 is 0 Å². The molecule has 0 radical (unpaired) electrons. The number of alkyl halides is 9. The Balaban J connectivity index is 4.43. The van der Waals surface area contributed by atoms with Crippen molar-refractivity contribution in [1.29, 1.82) is 0 Å². The van der Waals surface area contributed by atoms with Crippen LogP contribution >= 0.6 is 0 Å². The first kappa shape index (κ1) is 24.6. The maximum Gasteiger partial charge on any atom is 0.460 e. The lowest BCUT2D eigenvalue weighted by Crippen LogP contribution is -2.61. The van der Waals surface area contributed by atoms with Gasteiger partial charge in [-0.05, 0) is 19.3 Å². The molecule has 0 aromatic rings. The molecule has 0 spiro atoms. The van der Waals surface area contributed by atoms with Crippen LogP contribution in [0.3, 0.4) is 0 Å². The minimum Gasteiger partial charge on any atom is -0.465 e. The van der Waals surface area contributed by atoms with Crippen LogP contribution in [0, 0.1) is 0 Å². The van der Waals surface area contributed by atoms with Crippen LogP contribution in [0.2, 0.25) is 0 Å². The van der Waals surface area contributed by atoms with Crippen LogP contribution in [0.1, 0.15) is 44.9 Å². The Morgan fingerprint density at radius 2 is 1.38 bits per heavy atom. The summed E-state index contributed by atoms with van der Waals surface area (Å²) in [6.45, 7) is 2.10. The van der Waals surface area contributed by atoms with Gasteiger partial charge in [0.15, 0.2) is 0 Å². The highest BCUT2D eigenvalue weighted by Gasteiger charge is 2.81. The average Bonchev–Trinajstić information content (AvgIpc) is 2.49. The second-order valence-corrected chi connectivity index (χ2v) is 5.56. The SMILES string of the molecule is C=CCCCCCCC(=O)OCCC(F)(F)C(F)(F)C(F)(F)C(F)(F)F. The summed E-state index contributed by atoms with van der Waals surface area (Å²) in [6, 6.07) is 0. The fourth-order valence-corrected chi connectivity index (χ4v) is 1.84. The number of halogens is 9. The molecule has 0 heterocycles. The van der Waals surface area contributed by atoms with E-state index < -0.39 is 42.9 Å². The summed E-state index contributed by atoms with van der Waals surface area (Å²) in [5.41, 5.74) is 0. The molecule has 0 aliphatic rings. The lowest BCUT2D eigenvalue weighted by molar-refractivity contribution is -0.397. The lowest BCUT2D eigenvalue weighted by atomic mass is 10.0. The van der Waals surface area contributed by atoms with Crippen molar-refractivity contribution in [1.82, 2.24) is 0 Å². The Hall–Kier alpha value is -1.42. The van der Waals surface area contributed by atoms with Crippen molar-refractivity contribution in [2.45, 2.75) is 68.9 Å². The molecule has 0 unspecified atom stereocenters. The molecule has 0 aromatic heterocycles.